The summed E-state index contributed by atoms with van der Waals surface area (Å²) in [7, 11) is 0. The molecular formula is C8H10AgO4-2. The first-order valence-electron chi connectivity index (χ1n) is 4.02. The van der Waals surface area contributed by atoms with Gasteiger partial charge in [-0.3, -0.25) is 0 Å². The molecule has 0 bridgehead atoms. The predicted octanol–water partition coefficient (Wildman–Crippen LogP) is -1.57. The van der Waals surface area contributed by atoms with Gasteiger partial charge in [0.1, 0.15) is 0 Å². The Morgan fingerprint density at radius 1 is 0.923 bits per heavy atom. The molecule has 4 nitrogen and oxygen atoms in total. The molecule has 0 spiro atoms. The molecule has 0 atom stereocenters. The van der Waals surface area contributed by atoms with E-state index in [1.54, 1.807) is 0 Å². The van der Waals surface area contributed by atoms with E-state index in [1.807, 2.05) is 0 Å². The Morgan fingerprint density at radius 3 is 1.54 bits per heavy atom. The summed E-state index contributed by atoms with van der Waals surface area (Å²) < 4.78 is 0. The second kappa shape index (κ2) is 4.79. The van der Waals surface area contributed by atoms with E-state index in [1.165, 1.54) is 0 Å². The van der Waals surface area contributed by atoms with Crippen molar-refractivity contribution in [2.24, 2.45) is 5.41 Å². The van der Waals surface area contributed by atoms with Crippen LogP contribution in [-0.4, -0.2) is 11.9 Å². The van der Waals surface area contributed by atoms with Crippen LogP contribution >= 0.6 is 0 Å². The van der Waals surface area contributed by atoms with Crippen LogP contribution in [0.3, 0.4) is 0 Å². The van der Waals surface area contributed by atoms with Crippen LogP contribution in [0.25, 0.3) is 0 Å². The number of aliphatic carboxylic acids is 2. The normalized spacial score (nSPS) is 20.0. The van der Waals surface area contributed by atoms with Gasteiger partial charge in [0, 0.05) is 27.8 Å². The molecule has 79 valence electrons. The monoisotopic (exact) mass is 277 g/mol. The number of rotatable bonds is 2. The molecule has 0 aliphatic heterocycles. The summed E-state index contributed by atoms with van der Waals surface area (Å²) in [5.41, 5.74) is -1.71. The van der Waals surface area contributed by atoms with Gasteiger partial charge in [0.2, 0.25) is 0 Å². The Bertz CT molecular complexity index is 192. The molecule has 0 aromatic carbocycles. The topological polar surface area (TPSA) is 80.3 Å². The molecule has 1 aliphatic carbocycles. The maximum absolute atomic E-state index is 10.6. The molecule has 0 aromatic rings. The average molecular weight is 278 g/mol. The summed E-state index contributed by atoms with van der Waals surface area (Å²) >= 11 is 0. The fourth-order valence-corrected chi connectivity index (χ4v) is 1.65. The Balaban J connectivity index is 0.00000144. The van der Waals surface area contributed by atoms with E-state index in [-0.39, 0.29) is 35.2 Å². The Labute approximate surface area is 91.8 Å². The molecule has 0 heterocycles. The quantitative estimate of drug-likeness (QED) is 0.451. The molecule has 0 unspecified atom stereocenters. The summed E-state index contributed by atoms with van der Waals surface area (Å²) in [6, 6.07) is 0. The number of carbonyl (C=O) groups excluding carboxylic acids is 2. The van der Waals surface area contributed by atoms with E-state index in [9.17, 15) is 19.8 Å². The van der Waals surface area contributed by atoms with Gasteiger partial charge in [-0.1, -0.05) is 19.3 Å². The van der Waals surface area contributed by atoms with Gasteiger partial charge >= 0.3 is 0 Å². The second-order valence-electron chi connectivity index (χ2n) is 3.22. The molecule has 1 aliphatic rings. The van der Waals surface area contributed by atoms with Crippen molar-refractivity contribution in [1.29, 1.82) is 0 Å². The zero-order chi connectivity index (χ0) is 9.19. The molecule has 0 saturated heterocycles. The van der Waals surface area contributed by atoms with Gasteiger partial charge in [0.15, 0.2) is 0 Å². The van der Waals surface area contributed by atoms with Crippen molar-refractivity contribution in [3.63, 3.8) is 0 Å². The SMILES string of the molecule is O=C([O-])C1(C(=O)[O-])CCCCC1.[Ag]. The van der Waals surface area contributed by atoms with Crippen LogP contribution in [0.5, 0.6) is 0 Å². The zero-order valence-electron chi connectivity index (χ0n) is 6.97. The molecule has 1 fully saturated rings. The Kier molecular flexibility index (Phi) is 4.67. The van der Waals surface area contributed by atoms with Gasteiger partial charge < -0.3 is 19.8 Å². The van der Waals surface area contributed by atoms with Crippen molar-refractivity contribution >= 4 is 11.9 Å². The van der Waals surface area contributed by atoms with Crippen LogP contribution in [0.4, 0.5) is 0 Å². The fraction of sp³-hybridized carbons (Fsp3) is 0.750. The molecule has 0 aromatic heterocycles. The minimum absolute atomic E-state index is 0. The number of carbonyl (C=O) groups is 2. The molecule has 0 N–H and O–H groups in total. The average Bonchev–Trinajstić information content (AvgIpc) is 2.05. The summed E-state index contributed by atoms with van der Waals surface area (Å²) in [6.07, 6.45) is 2.45. The van der Waals surface area contributed by atoms with Gasteiger partial charge in [-0.2, -0.15) is 0 Å². The minimum atomic E-state index is -1.71. The van der Waals surface area contributed by atoms with Crippen molar-refractivity contribution in [3.8, 4) is 0 Å². The van der Waals surface area contributed by atoms with Crippen LogP contribution in [0.15, 0.2) is 0 Å². The first-order valence-corrected chi connectivity index (χ1v) is 4.02. The minimum Gasteiger partial charge on any atom is -0.549 e. The summed E-state index contributed by atoms with van der Waals surface area (Å²) in [4.78, 5) is 21.2. The number of carboxylic acid groups (broad SMARTS) is 2. The third-order valence-electron chi connectivity index (χ3n) is 2.49. The molecule has 1 radical (unpaired) electrons. The maximum Gasteiger partial charge on any atom is 0.0532 e. The molecule has 13 heavy (non-hydrogen) atoms. The zero-order valence-corrected chi connectivity index (χ0v) is 8.45. The van der Waals surface area contributed by atoms with Crippen LogP contribution in [0, 0.1) is 5.41 Å². The summed E-state index contributed by atoms with van der Waals surface area (Å²) in [6.45, 7) is 0. The standard InChI is InChI=1S/C8H12O4.Ag/c9-6(10)8(7(11)12)4-2-1-3-5-8;/h1-5H2,(H,9,10)(H,11,12);/p-2. The van der Waals surface area contributed by atoms with Gasteiger partial charge in [-0.25, -0.2) is 0 Å². The Morgan fingerprint density at radius 2 is 1.31 bits per heavy atom. The Hall–Kier alpha value is -0.320. The van der Waals surface area contributed by atoms with E-state index in [4.69, 9.17) is 0 Å². The van der Waals surface area contributed by atoms with E-state index in [0.29, 0.717) is 12.8 Å². The van der Waals surface area contributed by atoms with Gasteiger partial charge in [-0.05, 0) is 12.8 Å². The molecule has 5 heteroatoms. The number of hydrogen-bond donors (Lipinski definition) is 0. The van der Waals surface area contributed by atoms with Crippen molar-refractivity contribution in [2.45, 2.75) is 32.1 Å². The largest absolute Gasteiger partial charge is 0.549 e. The smallest absolute Gasteiger partial charge is 0.0532 e. The second-order valence-corrected chi connectivity index (χ2v) is 3.22. The maximum atomic E-state index is 10.6. The van der Waals surface area contributed by atoms with Crippen molar-refractivity contribution in [2.75, 3.05) is 0 Å². The van der Waals surface area contributed by atoms with Crippen molar-refractivity contribution < 1.29 is 42.2 Å². The van der Waals surface area contributed by atoms with Crippen LogP contribution in [-0.2, 0) is 32.0 Å². The molecule has 0 amide bonds. The van der Waals surface area contributed by atoms with E-state index >= 15 is 0 Å². The molecule has 1 saturated carbocycles. The van der Waals surface area contributed by atoms with Gasteiger partial charge in [0.05, 0.1) is 11.9 Å². The molecular weight excluding hydrogens is 268 g/mol. The van der Waals surface area contributed by atoms with E-state index in [2.05, 4.69) is 0 Å². The number of carboxylic acids is 2. The van der Waals surface area contributed by atoms with Crippen molar-refractivity contribution in [1.82, 2.24) is 0 Å². The van der Waals surface area contributed by atoms with Gasteiger partial charge in [0.25, 0.3) is 0 Å². The third kappa shape index (κ3) is 2.33. The van der Waals surface area contributed by atoms with Crippen molar-refractivity contribution in [3.05, 3.63) is 0 Å². The molecule has 1 rings (SSSR count). The van der Waals surface area contributed by atoms with E-state index < -0.39 is 17.4 Å². The third-order valence-corrected chi connectivity index (χ3v) is 2.49. The number of hydrogen-bond acceptors (Lipinski definition) is 4. The van der Waals surface area contributed by atoms with Crippen LogP contribution in [0.1, 0.15) is 32.1 Å². The summed E-state index contributed by atoms with van der Waals surface area (Å²) in [5.74, 6) is -3.00. The van der Waals surface area contributed by atoms with Crippen LogP contribution in [0.2, 0.25) is 0 Å². The van der Waals surface area contributed by atoms with E-state index in [0.717, 1.165) is 6.42 Å². The first kappa shape index (κ1) is 12.7. The van der Waals surface area contributed by atoms with Crippen LogP contribution < -0.4 is 10.2 Å². The first-order chi connectivity index (χ1) is 5.59. The predicted molar refractivity (Wildman–Crippen MR) is 35.5 cm³/mol. The van der Waals surface area contributed by atoms with Gasteiger partial charge in [-0.15, -0.1) is 0 Å². The summed E-state index contributed by atoms with van der Waals surface area (Å²) in [5, 5.41) is 21.2. The fourth-order valence-electron chi connectivity index (χ4n) is 1.65.